The molecule has 0 radical (unpaired) electrons. The summed E-state index contributed by atoms with van der Waals surface area (Å²) < 4.78 is 71.0. The van der Waals surface area contributed by atoms with Crippen LogP contribution in [0.4, 0.5) is 13.2 Å². The summed E-state index contributed by atoms with van der Waals surface area (Å²) in [6, 6.07) is 14.1. The quantitative estimate of drug-likeness (QED) is 0.190. The van der Waals surface area contributed by atoms with Gasteiger partial charge in [-0.15, -0.1) is 5.10 Å². The Balaban J connectivity index is 1.76. The minimum atomic E-state index is -3.11. The van der Waals surface area contributed by atoms with Gasteiger partial charge in [-0.1, -0.05) is 30.3 Å². The topological polar surface area (TPSA) is 98.9 Å². The van der Waals surface area contributed by atoms with Gasteiger partial charge in [-0.25, -0.2) is 22.9 Å². The summed E-state index contributed by atoms with van der Waals surface area (Å²) >= 11 is 0. The molecular weight excluding hydrogens is 557 g/mol. The number of methoxy groups -OCH3 is 2. The van der Waals surface area contributed by atoms with Crippen LogP contribution in [0.25, 0.3) is 16.5 Å². The molecule has 42 heavy (non-hydrogen) atoms. The smallest absolute Gasteiger partial charge is 0.350 e. The molecule has 10 nitrogen and oxygen atoms in total. The van der Waals surface area contributed by atoms with Crippen molar-refractivity contribution in [3.63, 3.8) is 0 Å². The van der Waals surface area contributed by atoms with Gasteiger partial charge < -0.3 is 23.7 Å². The first-order chi connectivity index (χ1) is 20.4. The van der Waals surface area contributed by atoms with Gasteiger partial charge in [0.2, 0.25) is 5.88 Å². The molecule has 0 bridgehead atoms. The highest BCUT2D eigenvalue weighted by Gasteiger charge is 2.26. The standard InChI is InChI=1S/C29H33F3N4O6/c1-4-35-25(18-40-15-19-8-6-5-7-9-19)34-36(29(35)37)21-12-20-10-11-33-28(41-22(16-38-2)17-39-3)26(20)23(13-21)42-24(14-30)27(31)32/h5-13,22,24,27H,4,14-18H2,1-3H3. The minimum absolute atomic E-state index is 0.0430. The summed E-state index contributed by atoms with van der Waals surface area (Å²) in [5, 5.41) is 5.12. The fraction of sp³-hybridized carbons (Fsp3) is 0.414. The number of pyridine rings is 1. The first-order valence-corrected chi connectivity index (χ1v) is 13.3. The van der Waals surface area contributed by atoms with Crippen molar-refractivity contribution in [1.82, 2.24) is 19.3 Å². The molecule has 2 aromatic carbocycles. The van der Waals surface area contributed by atoms with Crippen LogP contribution in [0.1, 0.15) is 18.3 Å². The first-order valence-electron chi connectivity index (χ1n) is 13.3. The van der Waals surface area contributed by atoms with Gasteiger partial charge in [0.25, 0.3) is 6.43 Å². The van der Waals surface area contributed by atoms with Gasteiger partial charge in [-0.3, -0.25) is 4.57 Å². The van der Waals surface area contributed by atoms with Gasteiger partial charge in [0.15, 0.2) is 11.9 Å². The van der Waals surface area contributed by atoms with Crippen molar-refractivity contribution < 1.29 is 36.9 Å². The summed E-state index contributed by atoms with van der Waals surface area (Å²) in [5.74, 6) is 0.263. The van der Waals surface area contributed by atoms with Gasteiger partial charge in [0, 0.05) is 33.0 Å². The third-order valence-corrected chi connectivity index (χ3v) is 6.31. The average molecular weight is 591 g/mol. The lowest BCUT2D eigenvalue weighted by Gasteiger charge is -2.21. The molecule has 0 saturated carbocycles. The highest BCUT2D eigenvalue weighted by molar-refractivity contribution is 5.94. The molecule has 0 spiro atoms. The van der Waals surface area contributed by atoms with E-state index in [9.17, 15) is 18.0 Å². The van der Waals surface area contributed by atoms with Crippen LogP contribution in [0.5, 0.6) is 11.6 Å². The second kappa shape index (κ2) is 14.8. The van der Waals surface area contributed by atoms with E-state index in [-0.39, 0.29) is 42.5 Å². The second-order valence-electron chi connectivity index (χ2n) is 9.29. The third-order valence-electron chi connectivity index (χ3n) is 6.31. The maximum absolute atomic E-state index is 13.6. The molecule has 0 fully saturated rings. The third kappa shape index (κ3) is 7.27. The summed E-state index contributed by atoms with van der Waals surface area (Å²) in [5.41, 5.74) is 0.709. The Morgan fingerprint density at radius 1 is 0.976 bits per heavy atom. The molecule has 2 aromatic heterocycles. The molecule has 0 N–H and O–H groups in total. The average Bonchev–Trinajstić information content (AvgIpc) is 3.31. The van der Waals surface area contributed by atoms with E-state index in [0.717, 1.165) is 10.2 Å². The number of alkyl halides is 3. The van der Waals surface area contributed by atoms with Gasteiger partial charge in [0.05, 0.1) is 30.9 Å². The summed E-state index contributed by atoms with van der Waals surface area (Å²) in [6.07, 6.45) is -4.30. The lowest BCUT2D eigenvalue weighted by molar-refractivity contribution is -0.000763. The first kappa shape index (κ1) is 31.0. The highest BCUT2D eigenvalue weighted by atomic mass is 19.3. The fourth-order valence-corrected chi connectivity index (χ4v) is 4.36. The zero-order chi connectivity index (χ0) is 30.1. The van der Waals surface area contributed by atoms with Gasteiger partial charge >= 0.3 is 5.69 Å². The number of halogens is 3. The van der Waals surface area contributed by atoms with E-state index in [1.54, 1.807) is 19.1 Å². The predicted molar refractivity (Wildman–Crippen MR) is 148 cm³/mol. The molecule has 0 aliphatic rings. The van der Waals surface area contributed by atoms with Crippen LogP contribution >= 0.6 is 0 Å². The number of nitrogens with zero attached hydrogens (tertiary/aromatic N) is 4. The van der Waals surface area contributed by atoms with E-state index >= 15 is 0 Å². The number of benzene rings is 2. The second-order valence-corrected chi connectivity index (χ2v) is 9.29. The van der Waals surface area contributed by atoms with E-state index < -0.39 is 31.0 Å². The van der Waals surface area contributed by atoms with Crippen molar-refractivity contribution in [2.45, 2.75) is 45.3 Å². The molecule has 13 heteroatoms. The Morgan fingerprint density at radius 2 is 1.71 bits per heavy atom. The predicted octanol–water partition coefficient (Wildman–Crippen LogP) is 4.34. The molecule has 1 unspecified atom stereocenters. The lowest BCUT2D eigenvalue weighted by atomic mass is 10.1. The molecule has 2 heterocycles. The Hall–Kier alpha value is -3.94. The molecule has 0 amide bonds. The highest BCUT2D eigenvalue weighted by Crippen LogP contribution is 2.36. The van der Waals surface area contributed by atoms with Crippen molar-refractivity contribution in [3.05, 3.63) is 76.6 Å². The molecule has 1 atom stereocenters. The molecular formula is C29H33F3N4O6. The molecule has 4 rings (SSSR count). The van der Waals surface area contributed by atoms with Crippen molar-refractivity contribution in [3.8, 4) is 17.3 Å². The maximum atomic E-state index is 13.6. The lowest BCUT2D eigenvalue weighted by Crippen LogP contribution is -2.29. The monoisotopic (exact) mass is 590 g/mol. The van der Waals surface area contributed by atoms with Crippen molar-refractivity contribution >= 4 is 10.8 Å². The van der Waals surface area contributed by atoms with Crippen molar-refractivity contribution in [2.75, 3.05) is 34.1 Å². The summed E-state index contributed by atoms with van der Waals surface area (Å²) in [4.78, 5) is 17.6. The van der Waals surface area contributed by atoms with Crippen LogP contribution in [0.15, 0.2) is 59.5 Å². The number of fused-ring (bicyclic) bond motifs is 1. The van der Waals surface area contributed by atoms with E-state index in [1.165, 1.54) is 31.0 Å². The van der Waals surface area contributed by atoms with Gasteiger partial charge in [0.1, 0.15) is 25.1 Å². The number of rotatable bonds is 16. The van der Waals surface area contributed by atoms with Crippen LogP contribution in [-0.2, 0) is 34.0 Å². The van der Waals surface area contributed by atoms with Gasteiger partial charge in [-0.05, 0) is 30.0 Å². The van der Waals surface area contributed by atoms with E-state index in [2.05, 4.69) is 10.1 Å². The summed E-state index contributed by atoms with van der Waals surface area (Å²) in [7, 11) is 2.98. The van der Waals surface area contributed by atoms with Crippen LogP contribution in [0.2, 0.25) is 0 Å². The fourth-order valence-electron chi connectivity index (χ4n) is 4.36. The number of aromatic nitrogens is 4. The Kier molecular flexibility index (Phi) is 10.9. The van der Waals surface area contributed by atoms with Crippen molar-refractivity contribution in [2.24, 2.45) is 0 Å². The molecule has 0 aliphatic carbocycles. The summed E-state index contributed by atoms with van der Waals surface area (Å²) in [6.45, 7) is 1.36. The molecule has 4 aromatic rings. The van der Waals surface area contributed by atoms with E-state index in [0.29, 0.717) is 24.4 Å². The number of hydrogen-bond donors (Lipinski definition) is 0. The van der Waals surface area contributed by atoms with Crippen LogP contribution in [0.3, 0.4) is 0 Å². The Morgan fingerprint density at radius 3 is 2.36 bits per heavy atom. The number of hydrogen-bond acceptors (Lipinski definition) is 8. The normalized spacial score (nSPS) is 12.4. The van der Waals surface area contributed by atoms with Gasteiger partial charge in [-0.2, -0.15) is 4.68 Å². The largest absolute Gasteiger partial charge is 0.481 e. The number of ether oxygens (including phenoxy) is 5. The molecule has 0 aliphatic heterocycles. The Bertz CT molecular complexity index is 1490. The van der Waals surface area contributed by atoms with E-state index in [4.69, 9.17) is 23.7 Å². The Labute approximate surface area is 240 Å². The minimum Gasteiger partial charge on any atom is -0.481 e. The SMILES string of the molecule is CCn1c(COCc2ccccc2)nn(-c2cc(OC(CF)C(F)F)c3c(OC(COC)COC)nccc3c2)c1=O. The van der Waals surface area contributed by atoms with E-state index in [1.807, 2.05) is 30.3 Å². The molecule has 226 valence electrons. The maximum Gasteiger partial charge on any atom is 0.350 e. The van der Waals surface area contributed by atoms with Crippen LogP contribution in [-0.4, -0.2) is 72.1 Å². The zero-order valence-corrected chi connectivity index (χ0v) is 23.5. The molecule has 0 saturated heterocycles. The van der Waals surface area contributed by atoms with Crippen LogP contribution in [0, 0.1) is 0 Å². The van der Waals surface area contributed by atoms with Crippen molar-refractivity contribution in [1.29, 1.82) is 0 Å². The van der Waals surface area contributed by atoms with Crippen LogP contribution < -0.4 is 15.2 Å². The zero-order valence-electron chi connectivity index (χ0n) is 23.5.